The second kappa shape index (κ2) is 14.9. The van der Waals surface area contributed by atoms with E-state index in [1.807, 2.05) is 13.0 Å². The summed E-state index contributed by atoms with van der Waals surface area (Å²) in [5, 5.41) is 22.1. The predicted molar refractivity (Wildman–Crippen MR) is 172 cm³/mol. The fourth-order valence-electron chi connectivity index (χ4n) is 5.31. The van der Waals surface area contributed by atoms with Crippen LogP contribution in [-0.2, 0) is 28.5 Å². The molecule has 0 saturated heterocycles. The number of phenolic OH excluding ortho intramolecular Hbond substituents is 1. The van der Waals surface area contributed by atoms with Gasteiger partial charge in [0.1, 0.15) is 5.75 Å². The third kappa shape index (κ3) is 8.48. The van der Waals surface area contributed by atoms with Gasteiger partial charge in [0.15, 0.2) is 0 Å². The van der Waals surface area contributed by atoms with Crippen molar-refractivity contribution >= 4 is 12.0 Å². The van der Waals surface area contributed by atoms with E-state index in [-0.39, 0.29) is 16.6 Å². The summed E-state index contributed by atoms with van der Waals surface area (Å²) in [4.78, 5) is 12.8. The molecule has 0 fully saturated rings. The van der Waals surface area contributed by atoms with Crippen molar-refractivity contribution < 1.29 is 15.0 Å². The van der Waals surface area contributed by atoms with Crippen LogP contribution >= 0.6 is 0 Å². The van der Waals surface area contributed by atoms with E-state index < -0.39 is 11.9 Å². The van der Waals surface area contributed by atoms with Crippen molar-refractivity contribution in [3.8, 4) is 5.75 Å². The molecule has 0 spiro atoms. The first-order valence-electron chi connectivity index (χ1n) is 15.8. The van der Waals surface area contributed by atoms with Gasteiger partial charge in [-0.3, -0.25) is 0 Å². The summed E-state index contributed by atoms with van der Waals surface area (Å²) in [5.41, 5.74) is 6.29. The number of aryl methyl sites for hydroxylation is 2. The second-order valence-corrected chi connectivity index (χ2v) is 13.0. The maximum Gasteiger partial charge on any atom is 0.332 e. The Kier molecular flexibility index (Phi) is 12.5. The third-order valence-corrected chi connectivity index (χ3v) is 9.23. The first-order valence-corrected chi connectivity index (χ1v) is 15.8. The molecule has 1 atom stereocenters. The summed E-state index contributed by atoms with van der Waals surface area (Å²) >= 11 is 0. The lowest BCUT2D eigenvalue weighted by Crippen LogP contribution is -2.22. The Morgan fingerprint density at radius 2 is 1.45 bits per heavy atom. The Morgan fingerprint density at radius 3 is 2.00 bits per heavy atom. The van der Waals surface area contributed by atoms with E-state index in [1.165, 1.54) is 30.4 Å². The van der Waals surface area contributed by atoms with Gasteiger partial charge in [0, 0.05) is 22.6 Å². The van der Waals surface area contributed by atoms with Crippen LogP contribution in [0.25, 0.3) is 6.08 Å². The zero-order valence-corrected chi connectivity index (χ0v) is 26.9. The number of carbonyl (C=O) groups is 1. The van der Waals surface area contributed by atoms with Crippen LogP contribution < -0.4 is 0 Å². The van der Waals surface area contributed by atoms with E-state index in [4.69, 9.17) is 0 Å². The lowest BCUT2D eigenvalue weighted by atomic mass is 9.73. The van der Waals surface area contributed by atoms with Gasteiger partial charge >= 0.3 is 5.97 Å². The molecule has 3 heteroatoms. The van der Waals surface area contributed by atoms with E-state index in [0.29, 0.717) is 11.1 Å². The molecule has 40 heavy (non-hydrogen) atoms. The number of unbranched alkanes of at least 4 members (excludes halogenated alkanes) is 4. The molecule has 0 saturated carbocycles. The third-order valence-electron chi connectivity index (χ3n) is 9.23. The van der Waals surface area contributed by atoms with Crippen LogP contribution in [-0.4, -0.2) is 16.2 Å². The highest BCUT2D eigenvalue weighted by atomic mass is 16.4. The molecular weight excluding hydrogens is 492 g/mol. The monoisotopic (exact) mass is 548 g/mol. The minimum Gasteiger partial charge on any atom is -0.507 e. The predicted octanol–water partition coefficient (Wildman–Crippen LogP) is 10.5. The molecule has 1 unspecified atom stereocenters. The fraction of sp³-hybridized carbons (Fsp3) is 0.595. The summed E-state index contributed by atoms with van der Waals surface area (Å²) in [6.07, 6.45) is 12.7. The van der Waals surface area contributed by atoms with Crippen molar-refractivity contribution in [2.75, 3.05) is 0 Å². The molecule has 0 aliphatic carbocycles. The summed E-state index contributed by atoms with van der Waals surface area (Å²) in [5.74, 6) is -1.17. The van der Waals surface area contributed by atoms with E-state index >= 15 is 0 Å². The molecule has 0 heterocycles. The van der Waals surface area contributed by atoms with Crippen LogP contribution in [0.2, 0.25) is 0 Å². The van der Waals surface area contributed by atoms with E-state index in [2.05, 4.69) is 85.7 Å². The zero-order valence-electron chi connectivity index (χ0n) is 26.9. The van der Waals surface area contributed by atoms with Crippen molar-refractivity contribution in [2.24, 2.45) is 0 Å². The molecule has 222 valence electrons. The lowest BCUT2D eigenvalue weighted by molar-refractivity contribution is -0.132. The fourth-order valence-corrected chi connectivity index (χ4v) is 5.31. The number of aliphatic carboxylic acids is 1. The van der Waals surface area contributed by atoms with Crippen LogP contribution in [0.4, 0.5) is 0 Å². The topological polar surface area (TPSA) is 57.5 Å². The van der Waals surface area contributed by atoms with Crippen LogP contribution in [0.1, 0.15) is 153 Å². The normalized spacial score (nSPS) is 13.5. The van der Waals surface area contributed by atoms with Gasteiger partial charge in [-0.2, -0.15) is 0 Å². The highest BCUT2D eigenvalue weighted by molar-refractivity contribution is 5.94. The molecule has 0 aliphatic heterocycles. The van der Waals surface area contributed by atoms with Crippen molar-refractivity contribution in [1.82, 2.24) is 0 Å². The molecule has 0 amide bonds. The summed E-state index contributed by atoms with van der Waals surface area (Å²) in [7, 11) is 0. The van der Waals surface area contributed by atoms with Crippen LogP contribution in [0, 0.1) is 0 Å². The van der Waals surface area contributed by atoms with E-state index in [0.717, 1.165) is 61.6 Å². The van der Waals surface area contributed by atoms with E-state index in [9.17, 15) is 15.0 Å². The highest BCUT2D eigenvalue weighted by Crippen LogP contribution is 2.44. The summed E-state index contributed by atoms with van der Waals surface area (Å²) < 4.78 is 0. The summed E-state index contributed by atoms with van der Waals surface area (Å²) in [6, 6.07) is 10.8. The average molecular weight is 549 g/mol. The largest absolute Gasteiger partial charge is 0.507 e. The second-order valence-electron chi connectivity index (χ2n) is 13.0. The van der Waals surface area contributed by atoms with Gasteiger partial charge in [0.25, 0.3) is 0 Å². The molecule has 2 aromatic rings. The first-order chi connectivity index (χ1) is 18.8. The number of carboxylic acids is 1. The number of hydrogen-bond donors (Lipinski definition) is 2. The van der Waals surface area contributed by atoms with Crippen molar-refractivity contribution in [3.05, 3.63) is 69.3 Å². The van der Waals surface area contributed by atoms with Crippen LogP contribution in [0.5, 0.6) is 5.75 Å². The lowest BCUT2D eigenvalue weighted by Gasteiger charge is -2.32. The maximum atomic E-state index is 12.8. The van der Waals surface area contributed by atoms with Gasteiger partial charge in [-0.25, -0.2) is 4.79 Å². The minimum atomic E-state index is -0.935. The number of phenols is 1. The molecule has 2 rings (SSSR count). The standard InChI is InChI=1S/C37H56O3/c1-10-14-16-18-27-20-21-29(28(22-27)19-17-15-11-2)23-32(35(39)40)26(5)31-24-30(36(6,7)12-3)25-33(34(31)38)37(8,9)13-4/h20-26,38H,10-19H2,1-9H3,(H,39,40). The highest BCUT2D eigenvalue weighted by Gasteiger charge is 2.31. The van der Waals surface area contributed by atoms with E-state index in [1.54, 1.807) is 0 Å². The Balaban J connectivity index is 2.69. The van der Waals surface area contributed by atoms with Crippen molar-refractivity contribution in [1.29, 1.82) is 0 Å². The number of carboxylic acid groups (broad SMARTS) is 1. The molecule has 3 nitrogen and oxygen atoms in total. The molecular formula is C37H56O3. The quantitative estimate of drug-likeness (QED) is 0.162. The van der Waals surface area contributed by atoms with Gasteiger partial charge in [-0.05, 0) is 77.7 Å². The van der Waals surface area contributed by atoms with Gasteiger partial charge < -0.3 is 10.2 Å². The van der Waals surface area contributed by atoms with Gasteiger partial charge in [0.2, 0.25) is 0 Å². The average Bonchev–Trinajstić information content (AvgIpc) is 2.92. The molecule has 0 aliphatic rings. The Morgan fingerprint density at radius 1 is 0.850 bits per heavy atom. The van der Waals surface area contributed by atoms with Gasteiger partial charge in [-0.15, -0.1) is 0 Å². The SMILES string of the molecule is CCCCCc1ccc(C=C(C(=O)O)C(C)c2cc(C(C)(C)CC)cc(C(C)(C)CC)c2O)c(CCCCC)c1. The molecule has 0 bridgehead atoms. The minimum absolute atomic E-state index is 0.0894. The first kappa shape index (κ1) is 33.7. The molecule has 2 aromatic carbocycles. The van der Waals surface area contributed by atoms with Crippen molar-refractivity contribution in [2.45, 2.75) is 143 Å². The Hall–Kier alpha value is -2.55. The number of hydrogen-bond acceptors (Lipinski definition) is 2. The van der Waals surface area contributed by atoms with Gasteiger partial charge in [-0.1, -0.05) is 118 Å². The summed E-state index contributed by atoms with van der Waals surface area (Å²) in [6.45, 7) is 19.4. The Labute approximate surface area is 245 Å². The molecule has 2 N–H and O–H groups in total. The van der Waals surface area contributed by atoms with Crippen LogP contribution in [0.3, 0.4) is 0 Å². The zero-order chi connectivity index (χ0) is 30.1. The van der Waals surface area contributed by atoms with Gasteiger partial charge in [0.05, 0.1) is 0 Å². The maximum absolute atomic E-state index is 12.8. The van der Waals surface area contributed by atoms with Crippen LogP contribution in [0.15, 0.2) is 35.9 Å². The molecule has 0 radical (unpaired) electrons. The number of benzene rings is 2. The van der Waals surface area contributed by atoms with Crippen molar-refractivity contribution in [3.63, 3.8) is 0 Å². The smallest absolute Gasteiger partial charge is 0.332 e. The number of aromatic hydroxyl groups is 1. The number of rotatable bonds is 16. The molecule has 0 aromatic heterocycles. The Bertz CT molecular complexity index is 1150.